The lowest BCUT2D eigenvalue weighted by Gasteiger charge is -2.38. The third kappa shape index (κ3) is 2.43. The fraction of sp³-hybridized carbons (Fsp3) is 1.00. The molecule has 2 N–H and O–H groups in total. The van der Waals surface area contributed by atoms with Crippen LogP contribution in [0.1, 0.15) is 64.2 Å². The van der Waals surface area contributed by atoms with Crippen LogP contribution in [0.25, 0.3) is 0 Å². The molecule has 0 spiro atoms. The van der Waals surface area contributed by atoms with E-state index in [9.17, 15) is 0 Å². The molecular formula is C14H27NO. The number of hydrogen-bond acceptors (Lipinski definition) is 2. The molecule has 2 saturated carbocycles. The maximum Gasteiger partial charge on any atom is 0.0831 e. The van der Waals surface area contributed by atoms with Crippen LogP contribution in [-0.2, 0) is 4.74 Å². The molecule has 1 unspecified atom stereocenters. The summed E-state index contributed by atoms with van der Waals surface area (Å²) >= 11 is 0. The van der Waals surface area contributed by atoms with Crippen molar-refractivity contribution in [1.29, 1.82) is 0 Å². The van der Waals surface area contributed by atoms with Gasteiger partial charge < -0.3 is 10.5 Å². The summed E-state index contributed by atoms with van der Waals surface area (Å²) in [7, 11) is 1.86. The van der Waals surface area contributed by atoms with Gasteiger partial charge in [0.05, 0.1) is 5.60 Å². The molecule has 94 valence electrons. The van der Waals surface area contributed by atoms with Crippen molar-refractivity contribution in [2.75, 3.05) is 7.11 Å². The van der Waals surface area contributed by atoms with Crippen LogP contribution >= 0.6 is 0 Å². The second-order valence-electron chi connectivity index (χ2n) is 5.75. The monoisotopic (exact) mass is 225 g/mol. The van der Waals surface area contributed by atoms with E-state index in [2.05, 4.69) is 0 Å². The van der Waals surface area contributed by atoms with Gasteiger partial charge in [-0.05, 0) is 31.6 Å². The first-order valence-corrected chi connectivity index (χ1v) is 7.09. The van der Waals surface area contributed by atoms with Crippen LogP contribution in [-0.4, -0.2) is 18.8 Å². The Morgan fingerprint density at radius 2 is 1.56 bits per heavy atom. The Labute approximate surface area is 99.9 Å². The third-order valence-electron chi connectivity index (χ3n) is 4.87. The van der Waals surface area contributed by atoms with Gasteiger partial charge in [-0.3, -0.25) is 0 Å². The van der Waals surface area contributed by atoms with E-state index in [0.717, 1.165) is 0 Å². The van der Waals surface area contributed by atoms with Crippen LogP contribution < -0.4 is 5.73 Å². The van der Waals surface area contributed by atoms with Gasteiger partial charge in [0, 0.05) is 13.2 Å². The smallest absolute Gasteiger partial charge is 0.0831 e. The molecule has 0 heterocycles. The Hall–Kier alpha value is -0.0800. The molecule has 2 fully saturated rings. The molecule has 2 heteroatoms. The van der Waals surface area contributed by atoms with Crippen molar-refractivity contribution in [3.8, 4) is 0 Å². The van der Waals surface area contributed by atoms with Crippen LogP contribution in [0.5, 0.6) is 0 Å². The van der Waals surface area contributed by atoms with Gasteiger partial charge in [0.15, 0.2) is 0 Å². The number of rotatable bonds is 3. The van der Waals surface area contributed by atoms with Crippen LogP contribution in [0.2, 0.25) is 0 Å². The van der Waals surface area contributed by atoms with E-state index in [0.29, 0.717) is 5.92 Å². The summed E-state index contributed by atoms with van der Waals surface area (Å²) in [4.78, 5) is 0. The van der Waals surface area contributed by atoms with Crippen LogP contribution in [0.3, 0.4) is 0 Å². The molecule has 0 aliphatic heterocycles. The van der Waals surface area contributed by atoms with E-state index in [4.69, 9.17) is 10.5 Å². The molecule has 0 aromatic carbocycles. The zero-order chi connectivity index (χ0) is 11.4. The zero-order valence-electron chi connectivity index (χ0n) is 10.7. The van der Waals surface area contributed by atoms with E-state index in [1.807, 2.05) is 7.11 Å². The molecule has 0 saturated heterocycles. The Morgan fingerprint density at radius 3 is 2.06 bits per heavy atom. The van der Waals surface area contributed by atoms with Crippen molar-refractivity contribution in [2.24, 2.45) is 11.7 Å². The molecule has 0 aromatic heterocycles. The summed E-state index contributed by atoms with van der Waals surface area (Å²) < 4.78 is 5.83. The average Bonchev–Trinajstić information content (AvgIpc) is 2.64. The van der Waals surface area contributed by atoms with Gasteiger partial charge in [0.1, 0.15) is 0 Å². The highest BCUT2D eigenvalue weighted by Gasteiger charge is 2.42. The molecule has 2 aliphatic rings. The van der Waals surface area contributed by atoms with E-state index >= 15 is 0 Å². The van der Waals surface area contributed by atoms with E-state index in [1.165, 1.54) is 64.2 Å². The quantitative estimate of drug-likeness (QED) is 0.748. The number of methoxy groups -OCH3 is 1. The number of hydrogen-bond donors (Lipinski definition) is 1. The Morgan fingerprint density at radius 1 is 1.00 bits per heavy atom. The summed E-state index contributed by atoms with van der Waals surface area (Å²) in [5.41, 5.74) is 6.57. The first kappa shape index (κ1) is 12.4. The van der Waals surface area contributed by atoms with Crippen molar-refractivity contribution >= 4 is 0 Å². The molecule has 0 amide bonds. The fourth-order valence-corrected chi connectivity index (χ4v) is 3.75. The highest BCUT2D eigenvalue weighted by Crippen LogP contribution is 2.40. The van der Waals surface area contributed by atoms with Gasteiger partial charge in [-0.2, -0.15) is 0 Å². The van der Waals surface area contributed by atoms with Gasteiger partial charge >= 0.3 is 0 Å². The maximum absolute atomic E-state index is 6.54. The highest BCUT2D eigenvalue weighted by molar-refractivity contribution is 4.98. The molecule has 0 bridgehead atoms. The lowest BCUT2D eigenvalue weighted by atomic mass is 9.80. The molecule has 1 atom stereocenters. The summed E-state index contributed by atoms with van der Waals surface area (Å²) in [5, 5.41) is 0. The maximum atomic E-state index is 6.54. The minimum absolute atomic E-state index is 0.0228. The van der Waals surface area contributed by atoms with Gasteiger partial charge in [0.25, 0.3) is 0 Å². The Balaban J connectivity index is 2.00. The minimum Gasteiger partial charge on any atom is -0.377 e. The fourth-order valence-electron chi connectivity index (χ4n) is 3.75. The molecule has 16 heavy (non-hydrogen) atoms. The first-order valence-electron chi connectivity index (χ1n) is 7.09. The summed E-state index contributed by atoms with van der Waals surface area (Å²) in [5.74, 6) is 0.709. The van der Waals surface area contributed by atoms with Gasteiger partial charge in [0.2, 0.25) is 0 Å². The van der Waals surface area contributed by atoms with Crippen molar-refractivity contribution in [1.82, 2.24) is 0 Å². The zero-order valence-corrected chi connectivity index (χ0v) is 10.7. The predicted octanol–water partition coefficient (Wildman–Crippen LogP) is 3.24. The van der Waals surface area contributed by atoms with Crippen molar-refractivity contribution in [3.63, 3.8) is 0 Å². The highest BCUT2D eigenvalue weighted by atomic mass is 16.5. The van der Waals surface area contributed by atoms with Gasteiger partial charge in [-0.15, -0.1) is 0 Å². The topological polar surface area (TPSA) is 35.2 Å². The number of nitrogens with two attached hydrogens (primary N) is 1. The molecule has 2 aliphatic carbocycles. The molecule has 0 aromatic rings. The van der Waals surface area contributed by atoms with Crippen LogP contribution in [0, 0.1) is 5.92 Å². The molecule has 0 radical (unpaired) electrons. The Bertz CT molecular complexity index is 203. The molecule has 2 rings (SSSR count). The van der Waals surface area contributed by atoms with Crippen molar-refractivity contribution in [3.05, 3.63) is 0 Å². The lowest BCUT2D eigenvalue weighted by Crippen LogP contribution is -2.51. The second-order valence-corrected chi connectivity index (χ2v) is 5.75. The predicted molar refractivity (Wildman–Crippen MR) is 67.4 cm³/mol. The molecule has 2 nitrogen and oxygen atoms in total. The summed E-state index contributed by atoms with van der Waals surface area (Å²) in [6, 6.07) is 0.276. The normalized spacial score (nSPS) is 28.9. The number of ether oxygens (including phenoxy) is 1. The second kappa shape index (κ2) is 5.50. The average molecular weight is 225 g/mol. The van der Waals surface area contributed by atoms with Gasteiger partial charge in [-0.1, -0.05) is 38.5 Å². The van der Waals surface area contributed by atoms with Crippen LogP contribution in [0.15, 0.2) is 0 Å². The largest absolute Gasteiger partial charge is 0.377 e. The van der Waals surface area contributed by atoms with E-state index in [-0.39, 0.29) is 11.6 Å². The third-order valence-corrected chi connectivity index (χ3v) is 4.87. The van der Waals surface area contributed by atoms with E-state index in [1.54, 1.807) is 0 Å². The Kier molecular flexibility index (Phi) is 4.26. The van der Waals surface area contributed by atoms with Crippen molar-refractivity contribution < 1.29 is 4.74 Å². The van der Waals surface area contributed by atoms with E-state index < -0.39 is 0 Å². The summed E-state index contributed by atoms with van der Waals surface area (Å²) in [6.45, 7) is 0. The minimum atomic E-state index is 0.0228. The lowest BCUT2D eigenvalue weighted by molar-refractivity contribution is -0.0421. The molecular weight excluding hydrogens is 198 g/mol. The van der Waals surface area contributed by atoms with Crippen molar-refractivity contribution in [2.45, 2.75) is 75.9 Å². The SMILES string of the molecule is COC1(C(N)C2CCCCCC2)CCCC1. The first-order chi connectivity index (χ1) is 7.78. The summed E-state index contributed by atoms with van der Waals surface area (Å²) in [6.07, 6.45) is 13.2. The van der Waals surface area contributed by atoms with Gasteiger partial charge in [-0.25, -0.2) is 0 Å². The standard InChI is InChI=1S/C14H27NO/c1-16-14(10-6-7-11-14)13(15)12-8-4-2-3-5-9-12/h12-13H,2-11,15H2,1H3. The van der Waals surface area contributed by atoms with Crippen LogP contribution in [0.4, 0.5) is 0 Å².